The van der Waals surface area contributed by atoms with E-state index < -0.39 is 0 Å². The fourth-order valence-electron chi connectivity index (χ4n) is 2.34. The predicted molar refractivity (Wildman–Crippen MR) is 90.7 cm³/mol. The van der Waals surface area contributed by atoms with Crippen LogP contribution in [0.15, 0.2) is 16.7 Å². The fraction of sp³-hybridized carbons (Fsp3) is 0.529. The Labute approximate surface area is 146 Å². The lowest BCUT2D eigenvalue weighted by molar-refractivity contribution is 0.171. The Morgan fingerprint density at radius 1 is 1.25 bits per heavy atom. The van der Waals surface area contributed by atoms with Gasteiger partial charge in [0.25, 0.3) is 0 Å². The van der Waals surface area contributed by atoms with Crippen molar-refractivity contribution in [2.45, 2.75) is 45.7 Å². The van der Waals surface area contributed by atoms with Crippen LogP contribution in [-0.4, -0.2) is 23.4 Å². The van der Waals surface area contributed by atoms with Gasteiger partial charge in [0.15, 0.2) is 17.3 Å². The first kappa shape index (κ1) is 17.0. The smallest absolute Gasteiger partial charge is 0.243 e. The van der Waals surface area contributed by atoms with E-state index in [9.17, 15) is 0 Å². The molecule has 24 heavy (non-hydrogen) atoms. The van der Waals surface area contributed by atoms with E-state index in [0.29, 0.717) is 48.0 Å². The van der Waals surface area contributed by atoms with Crippen molar-refractivity contribution in [1.29, 1.82) is 0 Å². The van der Waals surface area contributed by atoms with E-state index in [4.69, 9.17) is 25.6 Å². The Morgan fingerprint density at radius 2 is 2.00 bits per heavy atom. The predicted octanol–water partition coefficient (Wildman–Crippen LogP) is 3.64. The summed E-state index contributed by atoms with van der Waals surface area (Å²) < 4.78 is 16.5. The molecule has 0 amide bonds. The number of fused-ring (bicyclic) bond motifs is 1. The average Bonchev–Trinajstić information content (AvgIpc) is 3.03. The fourth-order valence-corrected chi connectivity index (χ4v) is 2.63. The highest BCUT2D eigenvalue weighted by Gasteiger charge is 2.23. The highest BCUT2D eigenvalue weighted by Crippen LogP contribution is 2.38. The van der Waals surface area contributed by atoms with Gasteiger partial charge in [-0.3, -0.25) is 0 Å². The molecule has 0 bridgehead atoms. The van der Waals surface area contributed by atoms with Crippen molar-refractivity contribution < 1.29 is 14.0 Å². The summed E-state index contributed by atoms with van der Waals surface area (Å²) >= 11 is 6.26. The van der Waals surface area contributed by atoms with Gasteiger partial charge in [0.2, 0.25) is 5.89 Å². The molecule has 1 unspecified atom stereocenters. The summed E-state index contributed by atoms with van der Waals surface area (Å²) in [7, 11) is 0. The standard InChI is InChI=1S/C17H22ClN3O3/c1-10(15-20-16(21-24-15)17(2,3)4)19-9-11-7-12(18)14-13(8-11)22-5-6-23-14/h7-8,10,19H,5-6,9H2,1-4H3. The maximum absolute atomic E-state index is 6.26. The zero-order valence-electron chi connectivity index (χ0n) is 14.4. The molecule has 0 fully saturated rings. The van der Waals surface area contributed by atoms with Crippen molar-refractivity contribution in [2.24, 2.45) is 0 Å². The number of nitrogens with zero attached hydrogens (tertiary/aromatic N) is 2. The van der Waals surface area contributed by atoms with E-state index in [-0.39, 0.29) is 11.5 Å². The number of benzene rings is 1. The molecule has 1 atom stereocenters. The lowest BCUT2D eigenvalue weighted by atomic mass is 9.96. The molecular formula is C17H22ClN3O3. The number of halogens is 1. The third-order valence-electron chi connectivity index (χ3n) is 3.75. The summed E-state index contributed by atoms with van der Waals surface area (Å²) in [6.07, 6.45) is 0. The molecular weight excluding hydrogens is 330 g/mol. The molecule has 7 heteroatoms. The first-order chi connectivity index (χ1) is 11.3. The Hall–Kier alpha value is -1.79. The lowest BCUT2D eigenvalue weighted by Crippen LogP contribution is -2.20. The number of rotatable bonds is 4. The Balaban J connectivity index is 1.67. The largest absolute Gasteiger partial charge is 0.486 e. The normalized spacial score (nSPS) is 15.4. The van der Waals surface area contributed by atoms with E-state index >= 15 is 0 Å². The van der Waals surface area contributed by atoms with Gasteiger partial charge in [-0.15, -0.1) is 0 Å². The first-order valence-electron chi connectivity index (χ1n) is 8.00. The van der Waals surface area contributed by atoms with Gasteiger partial charge >= 0.3 is 0 Å². The highest BCUT2D eigenvalue weighted by atomic mass is 35.5. The van der Waals surface area contributed by atoms with Gasteiger partial charge in [-0.1, -0.05) is 37.5 Å². The average molecular weight is 352 g/mol. The number of hydrogen-bond donors (Lipinski definition) is 1. The maximum atomic E-state index is 6.26. The molecule has 0 aliphatic carbocycles. The lowest BCUT2D eigenvalue weighted by Gasteiger charge is -2.20. The summed E-state index contributed by atoms with van der Waals surface area (Å²) in [5.74, 6) is 2.58. The van der Waals surface area contributed by atoms with Crippen LogP contribution in [0.5, 0.6) is 11.5 Å². The van der Waals surface area contributed by atoms with Crippen LogP contribution >= 0.6 is 11.6 Å². The topological polar surface area (TPSA) is 69.4 Å². The molecule has 0 saturated heterocycles. The van der Waals surface area contributed by atoms with Crippen LogP contribution in [-0.2, 0) is 12.0 Å². The van der Waals surface area contributed by atoms with Gasteiger partial charge < -0.3 is 19.3 Å². The van der Waals surface area contributed by atoms with Gasteiger partial charge in [0, 0.05) is 12.0 Å². The molecule has 1 N–H and O–H groups in total. The van der Waals surface area contributed by atoms with Crippen molar-refractivity contribution in [3.05, 3.63) is 34.4 Å². The number of aromatic nitrogens is 2. The van der Waals surface area contributed by atoms with Crippen LogP contribution in [0.3, 0.4) is 0 Å². The monoisotopic (exact) mass is 351 g/mol. The third-order valence-corrected chi connectivity index (χ3v) is 4.03. The minimum atomic E-state index is -0.134. The third kappa shape index (κ3) is 3.65. The summed E-state index contributed by atoms with van der Waals surface area (Å²) in [5, 5.41) is 7.97. The van der Waals surface area contributed by atoms with Crippen molar-refractivity contribution in [2.75, 3.05) is 13.2 Å². The Kier molecular flexibility index (Phi) is 4.69. The second-order valence-corrected chi connectivity index (χ2v) is 7.32. The SMILES string of the molecule is CC(NCc1cc(Cl)c2c(c1)OCCO2)c1nc(C(C)(C)C)no1. The van der Waals surface area contributed by atoms with E-state index in [2.05, 4.69) is 36.2 Å². The van der Waals surface area contributed by atoms with Gasteiger partial charge in [0.1, 0.15) is 13.2 Å². The molecule has 1 aliphatic heterocycles. The summed E-state index contributed by atoms with van der Waals surface area (Å²) in [6.45, 7) is 9.80. The highest BCUT2D eigenvalue weighted by molar-refractivity contribution is 6.32. The van der Waals surface area contributed by atoms with Crippen LogP contribution < -0.4 is 14.8 Å². The second kappa shape index (κ2) is 6.61. The molecule has 6 nitrogen and oxygen atoms in total. The molecule has 0 saturated carbocycles. The van der Waals surface area contributed by atoms with Crippen LogP contribution in [0, 0.1) is 0 Å². The minimum absolute atomic E-state index is 0.0689. The first-order valence-corrected chi connectivity index (χ1v) is 8.38. The van der Waals surface area contributed by atoms with Crippen LogP contribution in [0.4, 0.5) is 0 Å². The van der Waals surface area contributed by atoms with E-state index in [1.165, 1.54) is 0 Å². The molecule has 1 aromatic carbocycles. The van der Waals surface area contributed by atoms with Gasteiger partial charge in [-0.25, -0.2) is 0 Å². The van der Waals surface area contributed by atoms with Crippen LogP contribution in [0.25, 0.3) is 0 Å². The number of ether oxygens (including phenoxy) is 2. The van der Waals surface area contributed by atoms with Crippen LogP contribution in [0.1, 0.15) is 51.0 Å². The second-order valence-electron chi connectivity index (χ2n) is 6.91. The van der Waals surface area contributed by atoms with Gasteiger partial charge in [-0.05, 0) is 24.6 Å². The quantitative estimate of drug-likeness (QED) is 0.906. The molecule has 1 aliphatic rings. The van der Waals surface area contributed by atoms with Gasteiger partial charge in [0.05, 0.1) is 11.1 Å². The summed E-state index contributed by atoms with van der Waals surface area (Å²) in [4.78, 5) is 4.47. The van der Waals surface area contributed by atoms with E-state index in [0.717, 1.165) is 5.56 Å². The number of nitrogens with one attached hydrogen (secondary N) is 1. The summed E-state index contributed by atoms with van der Waals surface area (Å²) in [6, 6.07) is 3.75. The summed E-state index contributed by atoms with van der Waals surface area (Å²) in [5.41, 5.74) is 0.872. The van der Waals surface area contributed by atoms with E-state index in [1.807, 2.05) is 19.1 Å². The van der Waals surface area contributed by atoms with Crippen molar-refractivity contribution in [3.8, 4) is 11.5 Å². The van der Waals surface area contributed by atoms with Crippen LogP contribution in [0.2, 0.25) is 5.02 Å². The Morgan fingerprint density at radius 3 is 2.71 bits per heavy atom. The zero-order chi connectivity index (χ0) is 17.3. The molecule has 0 radical (unpaired) electrons. The van der Waals surface area contributed by atoms with Gasteiger partial charge in [-0.2, -0.15) is 4.98 Å². The molecule has 1 aromatic heterocycles. The number of hydrogen-bond acceptors (Lipinski definition) is 6. The van der Waals surface area contributed by atoms with Crippen molar-refractivity contribution in [3.63, 3.8) is 0 Å². The maximum Gasteiger partial charge on any atom is 0.243 e. The molecule has 3 rings (SSSR count). The molecule has 2 heterocycles. The Bertz CT molecular complexity index is 724. The van der Waals surface area contributed by atoms with Crippen molar-refractivity contribution >= 4 is 11.6 Å². The van der Waals surface area contributed by atoms with Crippen molar-refractivity contribution in [1.82, 2.24) is 15.5 Å². The molecule has 0 spiro atoms. The molecule has 130 valence electrons. The minimum Gasteiger partial charge on any atom is -0.486 e. The van der Waals surface area contributed by atoms with E-state index in [1.54, 1.807) is 0 Å². The molecule has 2 aromatic rings. The zero-order valence-corrected chi connectivity index (χ0v) is 15.1.